The topological polar surface area (TPSA) is 59.8 Å². The van der Waals surface area contributed by atoms with Crippen LogP contribution in [-0.4, -0.2) is 20.7 Å². The fraction of sp³-hybridized carbons (Fsp3) is 0.0870. The number of carbonyl (C=O) groups is 1. The molecule has 1 heterocycles. The molecule has 0 spiro atoms. The van der Waals surface area contributed by atoms with Crippen LogP contribution < -0.4 is 5.32 Å². The second-order valence-corrected chi connectivity index (χ2v) is 7.80. The van der Waals surface area contributed by atoms with Gasteiger partial charge in [-0.2, -0.15) is 0 Å². The molecule has 0 saturated carbocycles. The number of anilines is 1. The molecule has 3 aromatic carbocycles. The first-order chi connectivity index (χ1) is 14.4. The zero-order valence-electron chi connectivity index (χ0n) is 16.4. The molecule has 4 rings (SSSR count). The van der Waals surface area contributed by atoms with Crippen molar-refractivity contribution in [2.75, 3.05) is 5.32 Å². The molecule has 1 amide bonds. The Bertz CT molecular complexity index is 1220. The number of carbonyl (C=O) groups excluding carboxylic acids is 1. The van der Waals surface area contributed by atoms with Gasteiger partial charge >= 0.3 is 0 Å². The summed E-state index contributed by atoms with van der Waals surface area (Å²) in [5, 5.41) is 8.47. The van der Waals surface area contributed by atoms with Crippen LogP contribution in [-0.2, 0) is 0 Å². The summed E-state index contributed by atoms with van der Waals surface area (Å²) in [5.41, 5.74) is 4.30. The Labute approximate surface area is 184 Å². The number of rotatable bonds is 4. The second kappa shape index (κ2) is 8.30. The lowest BCUT2D eigenvalue weighted by molar-refractivity contribution is 0.101. The molecule has 4 aromatic rings. The van der Waals surface area contributed by atoms with Gasteiger partial charge in [-0.25, -0.2) is 9.67 Å². The Kier molecular flexibility index (Phi) is 5.57. The van der Waals surface area contributed by atoms with Crippen LogP contribution in [0.3, 0.4) is 0 Å². The van der Waals surface area contributed by atoms with Gasteiger partial charge in [-0.1, -0.05) is 59.1 Å². The molecule has 7 heteroatoms. The summed E-state index contributed by atoms with van der Waals surface area (Å²) in [6.45, 7) is 3.97. The fourth-order valence-electron chi connectivity index (χ4n) is 3.00. The maximum Gasteiger partial charge on any atom is 0.295 e. The number of nitrogens with one attached hydrogen (secondary N) is 1. The highest BCUT2D eigenvalue weighted by atomic mass is 35.5. The van der Waals surface area contributed by atoms with Gasteiger partial charge in [0.1, 0.15) is 0 Å². The molecule has 5 nitrogen and oxygen atoms in total. The van der Waals surface area contributed by atoms with E-state index in [9.17, 15) is 4.79 Å². The van der Waals surface area contributed by atoms with E-state index < -0.39 is 5.91 Å². The Morgan fingerprint density at radius 2 is 1.57 bits per heavy atom. The van der Waals surface area contributed by atoms with Gasteiger partial charge < -0.3 is 5.32 Å². The van der Waals surface area contributed by atoms with Gasteiger partial charge in [0, 0.05) is 21.3 Å². The summed E-state index contributed by atoms with van der Waals surface area (Å²) in [6, 6.07) is 20.3. The second-order valence-electron chi connectivity index (χ2n) is 6.93. The number of aryl methyl sites for hydroxylation is 2. The number of hydrogen-bond acceptors (Lipinski definition) is 3. The molecule has 0 fully saturated rings. The third-order valence-electron chi connectivity index (χ3n) is 4.62. The summed E-state index contributed by atoms with van der Waals surface area (Å²) in [7, 11) is 0. The van der Waals surface area contributed by atoms with Gasteiger partial charge in [-0.3, -0.25) is 4.79 Å². The van der Waals surface area contributed by atoms with Crippen LogP contribution in [0.4, 0.5) is 5.69 Å². The van der Waals surface area contributed by atoms with Crippen LogP contribution in [0.5, 0.6) is 0 Å². The van der Waals surface area contributed by atoms with E-state index in [2.05, 4.69) is 15.4 Å². The molecule has 1 aromatic heterocycles. The standard InChI is InChI=1S/C23H18Cl2N4O/c1-14-3-6-16(7-4-14)22-27-21(23(30)26-19-11-9-17(24)10-12-19)28-29(22)20-13-18(25)8-5-15(20)2/h3-13H,1-2H3,(H,26,30). The van der Waals surface area contributed by atoms with Gasteiger partial charge in [0.25, 0.3) is 5.91 Å². The summed E-state index contributed by atoms with van der Waals surface area (Å²) in [6.07, 6.45) is 0. The maximum atomic E-state index is 12.8. The van der Waals surface area contributed by atoms with Gasteiger partial charge in [0.2, 0.25) is 5.82 Å². The van der Waals surface area contributed by atoms with Crippen molar-refractivity contribution in [2.45, 2.75) is 13.8 Å². The SMILES string of the molecule is Cc1ccc(-c2nc(C(=O)Nc3ccc(Cl)cc3)nn2-c2cc(Cl)ccc2C)cc1. The fourth-order valence-corrected chi connectivity index (χ4v) is 3.29. The van der Waals surface area contributed by atoms with E-state index in [1.807, 2.05) is 56.3 Å². The number of benzene rings is 3. The third kappa shape index (κ3) is 4.22. The third-order valence-corrected chi connectivity index (χ3v) is 5.11. The highest BCUT2D eigenvalue weighted by Crippen LogP contribution is 2.26. The van der Waals surface area contributed by atoms with Crippen molar-refractivity contribution in [3.63, 3.8) is 0 Å². The zero-order chi connectivity index (χ0) is 21.3. The predicted molar refractivity (Wildman–Crippen MR) is 121 cm³/mol. The van der Waals surface area contributed by atoms with E-state index in [0.717, 1.165) is 22.4 Å². The lowest BCUT2D eigenvalue weighted by Gasteiger charge is -2.09. The van der Waals surface area contributed by atoms with E-state index in [0.29, 0.717) is 21.6 Å². The van der Waals surface area contributed by atoms with Crippen molar-refractivity contribution < 1.29 is 4.79 Å². The van der Waals surface area contributed by atoms with Gasteiger partial charge in [-0.05, 0) is 55.8 Å². The summed E-state index contributed by atoms with van der Waals surface area (Å²) >= 11 is 12.1. The molecule has 0 saturated heterocycles. The van der Waals surface area contributed by atoms with E-state index in [-0.39, 0.29) is 5.82 Å². The lowest BCUT2D eigenvalue weighted by Crippen LogP contribution is -2.14. The minimum atomic E-state index is -0.413. The molecule has 0 aliphatic heterocycles. The quantitative estimate of drug-likeness (QED) is 0.419. The number of halogens is 2. The molecule has 150 valence electrons. The van der Waals surface area contributed by atoms with E-state index >= 15 is 0 Å². The van der Waals surface area contributed by atoms with Crippen molar-refractivity contribution in [3.8, 4) is 17.1 Å². The first-order valence-corrected chi connectivity index (χ1v) is 10.0. The summed E-state index contributed by atoms with van der Waals surface area (Å²) in [4.78, 5) is 17.4. The average molecular weight is 437 g/mol. The summed E-state index contributed by atoms with van der Waals surface area (Å²) < 4.78 is 1.66. The highest BCUT2D eigenvalue weighted by Gasteiger charge is 2.20. The molecule has 0 atom stereocenters. The van der Waals surface area contributed by atoms with Crippen molar-refractivity contribution in [1.82, 2.24) is 14.8 Å². The Balaban J connectivity index is 1.79. The van der Waals surface area contributed by atoms with Crippen LogP contribution in [0.2, 0.25) is 10.0 Å². The molecule has 30 heavy (non-hydrogen) atoms. The van der Waals surface area contributed by atoms with Crippen molar-refractivity contribution >= 4 is 34.8 Å². The molecule has 0 aliphatic rings. The molecular formula is C23H18Cl2N4O. The number of nitrogens with zero attached hydrogens (tertiary/aromatic N) is 3. The minimum Gasteiger partial charge on any atom is -0.319 e. The van der Waals surface area contributed by atoms with Crippen LogP contribution in [0.1, 0.15) is 21.7 Å². The zero-order valence-corrected chi connectivity index (χ0v) is 17.9. The molecule has 0 bridgehead atoms. The van der Waals surface area contributed by atoms with E-state index in [1.54, 1.807) is 28.9 Å². The van der Waals surface area contributed by atoms with Crippen LogP contribution in [0.15, 0.2) is 66.7 Å². The van der Waals surface area contributed by atoms with Crippen molar-refractivity contribution in [2.24, 2.45) is 0 Å². The molecule has 0 radical (unpaired) electrons. The molecule has 0 unspecified atom stereocenters. The minimum absolute atomic E-state index is 0.0555. The smallest absolute Gasteiger partial charge is 0.295 e. The summed E-state index contributed by atoms with van der Waals surface area (Å²) in [5.74, 6) is 0.200. The number of hydrogen-bond donors (Lipinski definition) is 1. The molecule has 1 N–H and O–H groups in total. The monoisotopic (exact) mass is 436 g/mol. The van der Waals surface area contributed by atoms with E-state index in [4.69, 9.17) is 23.2 Å². The Morgan fingerprint density at radius 3 is 2.27 bits per heavy atom. The normalized spacial score (nSPS) is 10.8. The van der Waals surface area contributed by atoms with Crippen molar-refractivity contribution in [3.05, 3.63) is 93.7 Å². The Morgan fingerprint density at radius 1 is 0.900 bits per heavy atom. The van der Waals surface area contributed by atoms with Crippen molar-refractivity contribution in [1.29, 1.82) is 0 Å². The first-order valence-electron chi connectivity index (χ1n) is 9.28. The molecular weight excluding hydrogens is 419 g/mol. The first kappa shape index (κ1) is 20.1. The Hall–Kier alpha value is -3.15. The maximum absolute atomic E-state index is 12.8. The van der Waals surface area contributed by atoms with Gasteiger partial charge in [0.05, 0.1) is 5.69 Å². The van der Waals surface area contributed by atoms with Crippen LogP contribution in [0, 0.1) is 13.8 Å². The van der Waals surface area contributed by atoms with Crippen LogP contribution in [0.25, 0.3) is 17.1 Å². The van der Waals surface area contributed by atoms with Crippen LogP contribution >= 0.6 is 23.2 Å². The largest absolute Gasteiger partial charge is 0.319 e. The number of amides is 1. The lowest BCUT2D eigenvalue weighted by atomic mass is 10.1. The average Bonchev–Trinajstić information content (AvgIpc) is 3.17. The predicted octanol–water partition coefficient (Wildman–Crippen LogP) is 6.11. The highest BCUT2D eigenvalue weighted by molar-refractivity contribution is 6.31. The molecule has 0 aliphatic carbocycles. The van der Waals surface area contributed by atoms with Gasteiger partial charge in [-0.15, -0.1) is 5.10 Å². The number of aromatic nitrogens is 3. The van der Waals surface area contributed by atoms with Gasteiger partial charge in [0.15, 0.2) is 5.82 Å². The van der Waals surface area contributed by atoms with E-state index in [1.165, 1.54) is 0 Å².